The predicted molar refractivity (Wildman–Crippen MR) is 562 cm³/mol. The second-order valence-corrected chi connectivity index (χ2v) is 31.2. The van der Waals surface area contributed by atoms with Crippen LogP contribution in [-0.4, -0.2) is 137 Å². The molecular formula is C110H99Cl2N21O11. The summed E-state index contributed by atoms with van der Waals surface area (Å²) in [6, 6.07) is 109. The number of hydrogen-bond donors (Lipinski definition) is 9. The highest BCUT2D eigenvalue weighted by molar-refractivity contribution is 6.32. The lowest BCUT2D eigenvalue weighted by Crippen LogP contribution is -2.30. The van der Waals surface area contributed by atoms with Crippen LogP contribution >= 0.6 is 24.0 Å². The van der Waals surface area contributed by atoms with E-state index in [0.717, 1.165) is 118 Å². The maximum absolute atomic E-state index is 13.9. The number of methoxy groups -OCH3 is 7. The number of carbonyl (C=O) groups excluding carboxylic acids is 1. The van der Waals surface area contributed by atoms with Crippen LogP contribution in [-0.2, 0) is 13.0 Å². The van der Waals surface area contributed by atoms with Crippen molar-refractivity contribution in [1.29, 1.82) is 5.26 Å². The van der Waals surface area contributed by atoms with Crippen molar-refractivity contribution in [3.63, 3.8) is 0 Å². The lowest BCUT2D eigenvalue weighted by molar-refractivity contribution is 0.0958. The van der Waals surface area contributed by atoms with Crippen LogP contribution in [0, 0.1) is 18.0 Å². The van der Waals surface area contributed by atoms with Crippen LogP contribution in [0.2, 0.25) is 5.15 Å². The number of allylic oxidation sites excluding steroid dienone is 2. The van der Waals surface area contributed by atoms with Gasteiger partial charge in [0.05, 0.1) is 100 Å². The summed E-state index contributed by atoms with van der Waals surface area (Å²) in [6.07, 6.45) is 1.53. The van der Waals surface area contributed by atoms with Gasteiger partial charge in [-0.2, -0.15) is 48.9 Å². The number of nitriles is 1. The minimum atomic E-state index is -0.333. The molecule has 1 aliphatic rings. The maximum Gasteiger partial charge on any atom is 0.280 e. The number of hydrogen-bond acceptors (Lipinski definition) is 23. The Bertz CT molecular complexity index is 7800. The van der Waals surface area contributed by atoms with Gasteiger partial charge >= 0.3 is 0 Å². The zero-order valence-corrected chi connectivity index (χ0v) is 79.7. The molecule has 0 fully saturated rings. The van der Waals surface area contributed by atoms with Gasteiger partial charge in [0.2, 0.25) is 29.6 Å². The Labute approximate surface area is 840 Å². The van der Waals surface area contributed by atoms with Gasteiger partial charge in [0, 0.05) is 34.2 Å². The van der Waals surface area contributed by atoms with Gasteiger partial charge in [0.1, 0.15) is 56.6 Å². The van der Waals surface area contributed by atoms with E-state index >= 15 is 0 Å². The number of rotatable bonds is 22. The van der Waals surface area contributed by atoms with E-state index in [-0.39, 0.29) is 56.4 Å². The number of hydroxylamine groups is 2. The van der Waals surface area contributed by atoms with E-state index in [2.05, 4.69) is 26.5 Å². The zero-order valence-electron chi connectivity index (χ0n) is 78.2. The van der Waals surface area contributed by atoms with Crippen LogP contribution < -0.4 is 67.2 Å². The number of aliphatic imine (C=N–C) groups is 2. The van der Waals surface area contributed by atoms with Gasteiger partial charge in [-0.3, -0.25) is 15.2 Å². The maximum atomic E-state index is 13.9. The highest BCUT2D eigenvalue weighted by Crippen LogP contribution is 2.48. The number of halogens is 2. The third-order valence-corrected chi connectivity index (χ3v) is 22.9. The van der Waals surface area contributed by atoms with Crippen molar-refractivity contribution < 1.29 is 53.6 Å². The van der Waals surface area contributed by atoms with Crippen molar-refractivity contribution in [3.8, 4) is 170 Å². The first-order chi connectivity index (χ1) is 69.6. The molecule has 0 bridgehead atoms. The van der Waals surface area contributed by atoms with E-state index in [0.29, 0.717) is 96.3 Å². The fraction of sp³-hybridized carbons (Fsp3) is 0.0909. The molecule has 0 saturated carbocycles. The highest BCUT2D eigenvalue weighted by Gasteiger charge is 2.35. The largest absolute Gasteiger partial charge is 0.497 e. The summed E-state index contributed by atoms with van der Waals surface area (Å²) in [4.78, 5) is 40.9. The van der Waals surface area contributed by atoms with Crippen LogP contribution in [0.5, 0.6) is 40.6 Å². The topological polar surface area (TPSA) is 432 Å². The van der Waals surface area contributed by atoms with E-state index < -0.39 is 0 Å². The molecular weight excluding hydrogens is 1860 g/mol. The van der Waals surface area contributed by atoms with Crippen molar-refractivity contribution in [1.82, 2.24) is 64.5 Å². The average molecular weight is 1960 g/mol. The van der Waals surface area contributed by atoms with Crippen molar-refractivity contribution >= 4 is 70.2 Å². The fourth-order valence-corrected chi connectivity index (χ4v) is 16.7. The van der Waals surface area contributed by atoms with Crippen molar-refractivity contribution in [2.75, 3.05) is 49.8 Å². The molecule has 0 saturated heterocycles. The third kappa shape index (κ3) is 21.9. The van der Waals surface area contributed by atoms with E-state index in [4.69, 9.17) is 109 Å². The van der Waals surface area contributed by atoms with E-state index in [1.165, 1.54) is 10.9 Å². The second kappa shape index (κ2) is 48.7. The molecule has 1 aliphatic heterocycles. The molecule has 12 aromatic carbocycles. The summed E-state index contributed by atoms with van der Waals surface area (Å²) < 4.78 is 45.4. The second-order valence-electron chi connectivity index (χ2n) is 30.8. The van der Waals surface area contributed by atoms with Gasteiger partial charge in [0.15, 0.2) is 29.0 Å². The highest BCUT2D eigenvalue weighted by atomic mass is 35.5. The van der Waals surface area contributed by atoms with E-state index in [9.17, 15) is 15.2 Å². The molecule has 34 heteroatoms. The number of nitrogens with two attached hydrogens (primary N) is 4. The van der Waals surface area contributed by atoms with Gasteiger partial charge in [-0.25, -0.2) is 43.4 Å². The van der Waals surface area contributed by atoms with E-state index in [1.54, 1.807) is 87.6 Å². The standard InChI is InChI=1S/C28H22N4O2.C27H24N6O3.C27H23N5O3.C26H20ClN3O2.CH2N2.CH4.ClH.H3NO/c1-29-18-23-24(20-14-16-22(33-2)17-15-20)28(34-3)32-27(30-23)25(19-10-6-4-7-11-19)26(31-32)21-12-8-5-9-13-21;1-35-20-15-13-18(14-16-20)22-24(30-27(28)32-34)29-25-21(17-9-5-3-6-10-17)23(19-11-7-4-8-12-19)31-33(25)26(22)36-2;1-35-20-14-12-18(13-15-20)23-21(29-27(28)31-34)16-22-24(17-8-4-2-5-9-17)25(30-32(22)26(23)33)19-10-6-3-7-11-19;1-31-20-15-13-18(14-16-20)22-24(27)28-25-21(17-9-5-3-6-10-17)23(19-11-7-4-8-12-19)29-30(25)26(22)32-2;2-1-3;;;1-2/h4-17H,18H2,2-3H3;3-16,34H,1-2H3,(H3,28,29,30,32);2-15,34H,16H2,1H3,(H3,28,29,31);3-16H,1-2H3;2H2;1H4;1H;2H,1H2. The minimum absolute atomic E-state index is 0. The van der Waals surface area contributed by atoms with Crippen molar-refractivity contribution in [2.45, 2.75) is 20.4 Å². The monoisotopic (exact) mass is 1960 g/mol. The molecule has 0 spiro atoms. The Balaban J connectivity index is 0.000000158. The average Bonchev–Trinajstić information content (AvgIpc) is 1.58. The quantitative estimate of drug-likeness (QED) is 0.00579. The number of nitrogens with one attached hydrogen (secondary N) is 2. The molecule has 20 rings (SSSR count). The molecule has 0 atom stereocenters. The summed E-state index contributed by atoms with van der Waals surface area (Å²) in [7, 11) is 11.3. The smallest absolute Gasteiger partial charge is 0.280 e. The number of nitrogens with zero attached hydrogens (tertiary/aromatic N) is 15. The summed E-state index contributed by atoms with van der Waals surface area (Å²) in [5.41, 5.74) is 42.7. The van der Waals surface area contributed by atoms with Gasteiger partial charge < -0.3 is 60.4 Å². The molecule has 0 aliphatic carbocycles. The molecule has 724 valence electrons. The van der Waals surface area contributed by atoms with Crippen LogP contribution in [0.25, 0.3) is 150 Å². The van der Waals surface area contributed by atoms with Gasteiger partial charge in [-0.15, -0.1) is 12.4 Å². The van der Waals surface area contributed by atoms with E-state index in [1.807, 2.05) is 326 Å². The number of ether oxygens (including phenoxy) is 7. The number of fused-ring (bicyclic) bond motifs is 4. The molecule has 144 heavy (non-hydrogen) atoms. The molecule has 7 aromatic heterocycles. The molecule has 0 radical (unpaired) electrons. The lowest BCUT2D eigenvalue weighted by Gasteiger charge is -2.20. The predicted octanol–water partition coefficient (Wildman–Crippen LogP) is 21.2. The first-order valence-electron chi connectivity index (χ1n) is 43.9. The summed E-state index contributed by atoms with van der Waals surface area (Å²) >= 11 is 6.75. The van der Waals surface area contributed by atoms with Crippen molar-refractivity contribution in [2.24, 2.45) is 33.1 Å². The first kappa shape index (κ1) is 103. The number of benzene rings is 12. The number of aromatic nitrogens is 11. The van der Waals surface area contributed by atoms with Crippen molar-refractivity contribution in [3.05, 3.63) is 379 Å². The van der Waals surface area contributed by atoms with Crippen LogP contribution in [0.15, 0.2) is 355 Å². The Kier molecular flexibility index (Phi) is 34.8. The molecule has 19 aromatic rings. The third-order valence-electron chi connectivity index (χ3n) is 22.7. The summed E-state index contributed by atoms with van der Waals surface area (Å²) in [6.45, 7) is 7.68. The zero-order chi connectivity index (χ0) is 99.7. The lowest BCUT2D eigenvalue weighted by atomic mass is 9.93. The molecule has 8 heterocycles. The number of carbonyl (C=O) groups is 1. The Hall–Kier alpha value is -18.5. The SMILES string of the molecule is C.COc1ccc(-c2c(Cl)nc3c(-c4ccccc4)c(-c4ccccc4)nn3c2OC)cc1.COc1ccc(-c2c(N=C(N)NO)nc3c(-c4ccccc4)c(-c4ccccc4)nn3c2OC)cc1.COc1ccc(C2=C(N=C(N)NO)Cc3c(-c4ccccc4)c(-c4ccccc4)nn3C2=O)cc1.Cl.N#CN.NO.[C-]#[N+]Cc1nc2c(-c3ccccc3)c(-c3ccccc3)nn2c(OC)c1-c1ccc(OC)cc1. The molecule has 0 amide bonds. The van der Waals surface area contributed by atoms with Crippen LogP contribution in [0.1, 0.15) is 29.2 Å². The minimum Gasteiger partial charge on any atom is -0.497 e. The van der Waals surface area contributed by atoms with Crippen LogP contribution in [0.3, 0.4) is 0 Å². The van der Waals surface area contributed by atoms with Gasteiger partial charge in [-0.05, 0) is 93.0 Å². The summed E-state index contributed by atoms with van der Waals surface area (Å²) in [5.74, 6) is 7.33. The Morgan fingerprint density at radius 1 is 0.396 bits per heavy atom. The molecule has 0 unspecified atom stereocenters. The fourth-order valence-electron chi connectivity index (χ4n) is 16.4. The normalized spacial score (nSPS) is 11.2. The van der Waals surface area contributed by atoms with Gasteiger partial charge in [-0.1, -0.05) is 310 Å². The Morgan fingerprint density at radius 2 is 0.674 bits per heavy atom. The number of guanidine groups is 2. The van der Waals surface area contributed by atoms with Crippen LogP contribution in [0.4, 0.5) is 5.82 Å². The molecule has 13 N–H and O–H groups in total. The molecule has 32 nitrogen and oxygen atoms in total. The Morgan fingerprint density at radius 3 is 1.01 bits per heavy atom. The first-order valence-corrected chi connectivity index (χ1v) is 44.2. The van der Waals surface area contributed by atoms with Gasteiger partial charge in [0.25, 0.3) is 12.5 Å². The summed E-state index contributed by atoms with van der Waals surface area (Å²) in [5, 5.41) is 52.2.